The third-order valence-electron chi connectivity index (χ3n) is 5.08. The number of hydrogen-bond acceptors (Lipinski definition) is 2. The third kappa shape index (κ3) is 1.57. The molecule has 0 bridgehead atoms. The van der Waals surface area contributed by atoms with Crippen molar-refractivity contribution >= 4 is 22.2 Å². The van der Waals surface area contributed by atoms with Gasteiger partial charge in [-0.25, -0.2) is 18.7 Å². The first kappa shape index (κ1) is 11.2. The first-order chi connectivity index (χ1) is 14.1. The molecule has 26 heavy (non-hydrogen) atoms. The Labute approximate surface area is 154 Å². The molecule has 5 heterocycles. The van der Waals surface area contributed by atoms with Crippen LogP contribution in [0, 0.1) is 0 Å². The van der Waals surface area contributed by atoms with E-state index in [1.165, 1.54) is 4.57 Å². The largest absolute Gasteiger partial charge is 0.271 e. The van der Waals surface area contributed by atoms with Gasteiger partial charge >= 0.3 is 0 Å². The topological polar surface area (TPSA) is 39.5 Å². The van der Waals surface area contributed by atoms with Gasteiger partial charge in [-0.05, 0) is 36.4 Å². The summed E-state index contributed by atoms with van der Waals surface area (Å²) in [7, 11) is 0. The molecule has 1 aliphatic rings. The zero-order chi connectivity index (χ0) is 19.8. The zero-order valence-corrected chi connectivity index (χ0v) is 13.8. The van der Waals surface area contributed by atoms with Gasteiger partial charge in [0.1, 0.15) is 12.2 Å². The van der Waals surface area contributed by atoms with Crippen LogP contribution in [0.25, 0.3) is 39.3 Å². The summed E-state index contributed by atoms with van der Waals surface area (Å²) in [6.07, 6.45) is 3.41. The lowest BCUT2D eigenvalue weighted by atomic mass is 10.2. The van der Waals surface area contributed by atoms with Gasteiger partial charge in [-0.3, -0.25) is 4.98 Å². The van der Waals surface area contributed by atoms with Crippen molar-refractivity contribution in [1.82, 2.24) is 19.1 Å². The lowest BCUT2D eigenvalue weighted by Crippen LogP contribution is -2.33. The standard InChI is InChI=1S/C21H16N5/c1-24-19-16(10-6-12-23-19)18-21(24)25-13-17-15(9-5-11-22-17)20(25)26(18)14-7-3-2-4-8-14/h2-12H,13H2,1H3/q+1/i1D3. The van der Waals surface area contributed by atoms with Crippen molar-refractivity contribution in [3.8, 4) is 17.1 Å². The fraction of sp³-hybridized carbons (Fsp3) is 0.0952. The molecular weight excluding hydrogens is 322 g/mol. The molecule has 0 radical (unpaired) electrons. The number of aromatic nitrogens is 5. The van der Waals surface area contributed by atoms with Crippen LogP contribution in [-0.2, 0) is 13.5 Å². The lowest BCUT2D eigenvalue weighted by molar-refractivity contribution is -0.648. The fourth-order valence-electron chi connectivity index (χ4n) is 4.04. The van der Waals surface area contributed by atoms with E-state index in [0.29, 0.717) is 17.8 Å². The fourth-order valence-corrected chi connectivity index (χ4v) is 4.04. The molecule has 0 fully saturated rings. The normalized spacial score (nSPS) is 14.8. The lowest BCUT2D eigenvalue weighted by Gasteiger charge is -2.03. The molecule has 0 spiro atoms. The molecule has 4 aromatic heterocycles. The second-order valence-corrected chi connectivity index (χ2v) is 6.46. The van der Waals surface area contributed by atoms with E-state index in [-0.39, 0.29) is 0 Å². The average Bonchev–Trinajstić information content (AvgIpc) is 3.34. The zero-order valence-electron chi connectivity index (χ0n) is 16.8. The van der Waals surface area contributed by atoms with E-state index in [4.69, 9.17) is 4.11 Å². The molecule has 1 aromatic carbocycles. The minimum Gasteiger partial charge on any atom is -0.257 e. The minimum atomic E-state index is -2.36. The summed E-state index contributed by atoms with van der Waals surface area (Å²) in [4.78, 5) is 8.96. The monoisotopic (exact) mass is 341 g/mol. The number of aryl methyl sites for hydroxylation is 1. The molecule has 0 amide bonds. The van der Waals surface area contributed by atoms with Gasteiger partial charge in [0.05, 0.1) is 27.7 Å². The highest BCUT2D eigenvalue weighted by Crippen LogP contribution is 2.36. The molecule has 0 N–H and O–H groups in total. The van der Waals surface area contributed by atoms with Gasteiger partial charge in [0, 0.05) is 12.4 Å². The summed E-state index contributed by atoms with van der Waals surface area (Å²) in [6.45, 7) is -1.84. The number of fused-ring (bicyclic) bond motifs is 7. The smallest absolute Gasteiger partial charge is 0.257 e. The maximum atomic E-state index is 8.21. The molecule has 0 aliphatic carbocycles. The van der Waals surface area contributed by atoms with Crippen molar-refractivity contribution in [3.05, 3.63) is 72.7 Å². The van der Waals surface area contributed by atoms with E-state index in [9.17, 15) is 0 Å². The minimum absolute atomic E-state index is 0.460. The Balaban J connectivity index is 1.89. The van der Waals surface area contributed by atoms with Gasteiger partial charge in [0.25, 0.3) is 5.65 Å². The van der Waals surface area contributed by atoms with Gasteiger partial charge in [-0.1, -0.05) is 18.2 Å². The van der Waals surface area contributed by atoms with Crippen molar-refractivity contribution in [3.63, 3.8) is 0 Å². The molecule has 0 atom stereocenters. The van der Waals surface area contributed by atoms with Gasteiger partial charge < -0.3 is 0 Å². The van der Waals surface area contributed by atoms with E-state index in [1.807, 2.05) is 59.2 Å². The number of hydrogen-bond donors (Lipinski definition) is 0. The molecule has 124 valence electrons. The van der Waals surface area contributed by atoms with Crippen LogP contribution in [0.1, 0.15) is 9.81 Å². The Morgan fingerprint density at radius 3 is 2.73 bits per heavy atom. The molecule has 0 saturated carbocycles. The summed E-state index contributed by atoms with van der Waals surface area (Å²) < 4.78 is 30.2. The van der Waals surface area contributed by atoms with Gasteiger partial charge in [-0.15, -0.1) is 0 Å². The van der Waals surface area contributed by atoms with Crippen molar-refractivity contribution in [1.29, 1.82) is 0 Å². The summed E-state index contributed by atoms with van der Waals surface area (Å²) in [5.74, 6) is 0.938. The molecule has 5 aromatic rings. The van der Waals surface area contributed by atoms with E-state index >= 15 is 0 Å². The molecular formula is C21H16N5+. The highest BCUT2D eigenvalue weighted by Gasteiger charge is 2.37. The summed E-state index contributed by atoms with van der Waals surface area (Å²) >= 11 is 0. The van der Waals surface area contributed by atoms with Crippen LogP contribution < -0.4 is 4.57 Å². The van der Waals surface area contributed by atoms with Crippen LogP contribution >= 0.6 is 0 Å². The van der Waals surface area contributed by atoms with Crippen molar-refractivity contribution < 1.29 is 8.68 Å². The van der Waals surface area contributed by atoms with Gasteiger partial charge in [0.2, 0.25) is 11.5 Å². The van der Waals surface area contributed by atoms with Crippen LogP contribution in [0.4, 0.5) is 0 Å². The SMILES string of the molecule is [2H]C([2H])([2H])n1c2ncccc2c2c1[n+]1c(n2-c2ccccc2)-c2cccnc2C1. The maximum Gasteiger partial charge on any atom is 0.271 e. The molecule has 1 aliphatic heterocycles. The summed E-state index contributed by atoms with van der Waals surface area (Å²) in [5.41, 5.74) is 4.86. The van der Waals surface area contributed by atoms with Crippen molar-refractivity contribution in [2.75, 3.05) is 0 Å². The van der Waals surface area contributed by atoms with Crippen LogP contribution in [0.5, 0.6) is 0 Å². The summed E-state index contributed by atoms with van der Waals surface area (Å²) in [5, 5.41) is 0.815. The Morgan fingerprint density at radius 1 is 1.00 bits per heavy atom. The van der Waals surface area contributed by atoms with Crippen molar-refractivity contribution in [2.24, 2.45) is 6.98 Å². The number of nitrogens with zero attached hydrogens (tertiary/aromatic N) is 5. The number of benzene rings is 1. The predicted octanol–water partition coefficient (Wildman–Crippen LogP) is 3.23. The van der Waals surface area contributed by atoms with E-state index in [2.05, 4.69) is 14.5 Å². The molecule has 5 heteroatoms. The Hall–Kier alpha value is -3.47. The summed E-state index contributed by atoms with van der Waals surface area (Å²) in [6, 6.07) is 17.7. The highest BCUT2D eigenvalue weighted by molar-refractivity contribution is 6.04. The maximum absolute atomic E-state index is 8.21. The van der Waals surface area contributed by atoms with Crippen molar-refractivity contribution in [2.45, 2.75) is 6.54 Å². The molecule has 6 rings (SSSR count). The molecule has 0 saturated heterocycles. The first-order valence-electron chi connectivity index (χ1n) is 9.99. The van der Waals surface area contributed by atoms with Crippen LogP contribution in [-0.4, -0.2) is 19.1 Å². The molecule has 0 unspecified atom stereocenters. The Bertz CT molecular complexity index is 1410. The van der Waals surface area contributed by atoms with E-state index < -0.39 is 6.98 Å². The van der Waals surface area contributed by atoms with Crippen LogP contribution in [0.2, 0.25) is 0 Å². The predicted molar refractivity (Wildman–Crippen MR) is 100 cm³/mol. The third-order valence-corrected chi connectivity index (χ3v) is 5.08. The van der Waals surface area contributed by atoms with E-state index in [1.54, 1.807) is 12.4 Å². The number of imidazole rings is 1. The van der Waals surface area contributed by atoms with E-state index in [0.717, 1.165) is 33.7 Å². The van der Waals surface area contributed by atoms with Gasteiger partial charge in [0.15, 0.2) is 5.52 Å². The quantitative estimate of drug-likeness (QED) is 0.431. The highest BCUT2D eigenvalue weighted by atomic mass is 15.3. The number of pyridine rings is 2. The second kappa shape index (κ2) is 4.79. The van der Waals surface area contributed by atoms with Crippen LogP contribution in [0.3, 0.4) is 0 Å². The molecule has 5 nitrogen and oxygen atoms in total. The second-order valence-electron chi connectivity index (χ2n) is 6.46. The number of para-hydroxylation sites is 1. The van der Waals surface area contributed by atoms with Crippen LogP contribution in [0.15, 0.2) is 67.0 Å². The number of rotatable bonds is 1. The average molecular weight is 341 g/mol. The first-order valence-corrected chi connectivity index (χ1v) is 8.49. The Morgan fingerprint density at radius 2 is 1.85 bits per heavy atom. The Kier molecular flexibility index (Phi) is 2.06. The van der Waals surface area contributed by atoms with Gasteiger partial charge in [-0.2, -0.15) is 0 Å².